The number of hydrogen-bond donors (Lipinski definition) is 4. The number of hydrogen-bond acceptors (Lipinski definition) is 23. The summed E-state index contributed by atoms with van der Waals surface area (Å²) in [6, 6.07) is 69.8. The Labute approximate surface area is 789 Å². The van der Waals surface area contributed by atoms with Crippen LogP contribution >= 0.6 is 11.6 Å². The van der Waals surface area contributed by atoms with Crippen LogP contribution in [-0.4, -0.2) is 222 Å². The summed E-state index contributed by atoms with van der Waals surface area (Å²) in [6.45, 7) is 16.1. The summed E-state index contributed by atoms with van der Waals surface area (Å²) in [4.78, 5) is 41.0. The summed E-state index contributed by atoms with van der Waals surface area (Å²) in [5.74, 6) is 8.13. The first-order valence-corrected chi connectivity index (χ1v) is 47.2. The SMILES string of the molecule is COCCCC(=O)N1CC(CO[C@H]2CNCC[C@@H]2c2ccc(OCCCOCc3ccccc3OC)cc2)Oc2ccccc21.COCCCC(=O)N1CC(CO[C@H]2CNCC[C@@H]2c2ccc(OCCCOCc3ccccc3OC)cc2)Oc2ccccc21.COc1ccccc1COCCCOc1ccc([C@H]2CCNC[C@@H]2OCCOc2cc(Cl)ccc2CCNC(C)=O)cc1. The number of carbonyl (C=O) groups excluding carboxylic acids is 3. The minimum Gasteiger partial charge on any atom is -0.496 e. The van der Waals surface area contributed by atoms with Crippen molar-refractivity contribution < 1.29 is 94.9 Å². The van der Waals surface area contributed by atoms with Crippen LogP contribution in [0.5, 0.6) is 51.7 Å². The molecule has 3 fully saturated rings. The van der Waals surface area contributed by atoms with Crippen molar-refractivity contribution in [1.82, 2.24) is 21.3 Å². The predicted molar refractivity (Wildman–Crippen MR) is 515 cm³/mol. The molecule has 716 valence electrons. The molecule has 0 radical (unpaired) electrons. The van der Waals surface area contributed by atoms with Gasteiger partial charge in [0, 0.05) is 132 Å². The van der Waals surface area contributed by atoms with Gasteiger partial charge in [0.15, 0.2) is 0 Å². The van der Waals surface area contributed by atoms with E-state index in [9.17, 15) is 14.4 Å². The Morgan fingerprint density at radius 1 is 0.398 bits per heavy atom. The fraction of sp³-hybridized carbons (Fsp3) is 0.462. The number of methoxy groups -OCH3 is 5. The highest BCUT2D eigenvalue weighted by Crippen LogP contribution is 2.39. The van der Waals surface area contributed by atoms with Gasteiger partial charge in [-0.25, -0.2) is 0 Å². The van der Waals surface area contributed by atoms with Crippen LogP contribution in [0, 0.1) is 0 Å². The van der Waals surface area contributed by atoms with Crippen LogP contribution in [0.1, 0.15) is 128 Å². The lowest BCUT2D eigenvalue weighted by atomic mass is 9.87. The molecule has 0 spiro atoms. The Morgan fingerprint density at radius 2 is 0.782 bits per heavy atom. The van der Waals surface area contributed by atoms with E-state index < -0.39 is 0 Å². The zero-order valence-electron chi connectivity index (χ0n) is 78.0. The van der Waals surface area contributed by atoms with E-state index in [-0.39, 0.29) is 66.0 Å². The van der Waals surface area contributed by atoms with E-state index in [4.69, 9.17) is 92.1 Å². The molecule has 5 heterocycles. The maximum absolute atomic E-state index is 13.1. The van der Waals surface area contributed by atoms with Crippen LogP contribution in [0.15, 0.2) is 212 Å². The van der Waals surface area contributed by atoms with Crippen molar-refractivity contribution in [2.45, 2.75) is 146 Å². The first-order valence-electron chi connectivity index (χ1n) is 46.8. The molecule has 4 N–H and O–H groups in total. The van der Waals surface area contributed by atoms with Gasteiger partial charge in [-0.3, -0.25) is 14.4 Å². The highest BCUT2D eigenvalue weighted by molar-refractivity contribution is 6.30. The Bertz CT molecular complexity index is 4700. The first kappa shape index (κ1) is 101. The first-order chi connectivity index (χ1) is 65.3. The number of carbonyl (C=O) groups is 3. The van der Waals surface area contributed by atoms with Gasteiger partial charge < -0.3 is 112 Å². The predicted octanol–water partition coefficient (Wildman–Crippen LogP) is 16.3. The van der Waals surface area contributed by atoms with Crippen molar-refractivity contribution in [2.24, 2.45) is 0 Å². The van der Waals surface area contributed by atoms with Crippen LogP contribution in [0.3, 0.4) is 0 Å². The van der Waals surface area contributed by atoms with Crippen LogP contribution in [0.25, 0.3) is 0 Å². The maximum Gasteiger partial charge on any atom is 0.227 e. The third kappa shape index (κ3) is 32.6. The molecule has 8 atom stereocenters. The molecule has 0 aromatic heterocycles. The molecule has 9 aromatic rings. The lowest BCUT2D eigenvalue weighted by Gasteiger charge is -2.37. The van der Waals surface area contributed by atoms with E-state index in [1.165, 1.54) is 23.6 Å². The molecular weight excluding hydrogens is 1710 g/mol. The molecule has 0 aliphatic carbocycles. The second-order valence-corrected chi connectivity index (χ2v) is 33.7. The van der Waals surface area contributed by atoms with Gasteiger partial charge >= 0.3 is 0 Å². The number of nitrogens with zero attached hydrogens (tertiary/aromatic N) is 2. The smallest absolute Gasteiger partial charge is 0.227 e. The lowest BCUT2D eigenvalue weighted by molar-refractivity contribution is -0.120. The largest absolute Gasteiger partial charge is 0.496 e. The Hall–Kier alpha value is -10.6. The van der Waals surface area contributed by atoms with Gasteiger partial charge in [0.1, 0.15) is 70.6 Å². The van der Waals surface area contributed by atoms with Crippen molar-refractivity contribution in [1.29, 1.82) is 0 Å². The van der Waals surface area contributed by atoms with E-state index >= 15 is 0 Å². The topological polar surface area (TPSA) is 263 Å². The molecular formula is C106H135ClN6O20. The van der Waals surface area contributed by atoms with Gasteiger partial charge in [0.25, 0.3) is 0 Å². The number of amides is 3. The zero-order chi connectivity index (χ0) is 92.8. The van der Waals surface area contributed by atoms with E-state index in [2.05, 4.69) is 57.7 Å². The van der Waals surface area contributed by atoms with E-state index in [0.29, 0.717) is 167 Å². The lowest BCUT2D eigenvalue weighted by Crippen LogP contribution is -2.48. The van der Waals surface area contributed by atoms with Crippen molar-refractivity contribution in [2.75, 3.05) is 184 Å². The van der Waals surface area contributed by atoms with Gasteiger partial charge in [0.2, 0.25) is 17.7 Å². The Balaban J connectivity index is 0.000000180. The fourth-order valence-corrected chi connectivity index (χ4v) is 17.1. The molecule has 3 saturated heterocycles. The summed E-state index contributed by atoms with van der Waals surface area (Å²) in [6.07, 6.45) is 7.80. The van der Waals surface area contributed by atoms with Crippen LogP contribution in [0.4, 0.5) is 11.4 Å². The second kappa shape index (κ2) is 56.6. The Morgan fingerprint density at radius 3 is 1.17 bits per heavy atom. The molecule has 133 heavy (non-hydrogen) atoms. The highest BCUT2D eigenvalue weighted by atomic mass is 35.5. The van der Waals surface area contributed by atoms with Crippen molar-refractivity contribution in [3.63, 3.8) is 0 Å². The quantitative estimate of drug-likeness (QED) is 0.0258. The summed E-state index contributed by atoms with van der Waals surface area (Å²) in [5, 5.41) is 13.8. The third-order valence-electron chi connectivity index (χ3n) is 23.9. The summed E-state index contributed by atoms with van der Waals surface area (Å²) in [7, 11) is 8.33. The monoisotopic (exact) mass is 1850 g/mol. The minimum atomic E-state index is -0.247. The molecule has 9 aromatic carbocycles. The zero-order valence-corrected chi connectivity index (χ0v) is 78.8. The van der Waals surface area contributed by atoms with E-state index in [0.717, 1.165) is 152 Å². The molecule has 2 unspecified atom stereocenters. The number of anilines is 2. The fourth-order valence-electron chi connectivity index (χ4n) is 17.0. The maximum atomic E-state index is 13.1. The Kier molecular flexibility index (Phi) is 43.1. The molecule has 0 bridgehead atoms. The van der Waals surface area contributed by atoms with Crippen LogP contribution in [0.2, 0.25) is 5.02 Å². The normalized spacial score (nSPS) is 18.5. The van der Waals surface area contributed by atoms with Crippen molar-refractivity contribution in [3.8, 4) is 51.7 Å². The number of nitrogens with one attached hydrogen (secondary N) is 4. The van der Waals surface area contributed by atoms with Crippen LogP contribution in [-0.2, 0) is 78.5 Å². The number of piperidine rings is 3. The second-order valence-electron chi connectivity index (χ2n) is 33.3. The average molecular weight is 1850 g/mol. The average Bonchev–Trinajstić information content (AvgIpc) is 0.797. The van der Waals surface area contributed by atoms with E-state index in [1.54, 1.807) is 35.5 Å². The van der Waals surface area contributed by atoms with Gasteiger partial charge in [-0.1, -0.05) is 133 Å². The third-order valence-corrected chi connectivity index (χ3v) is 24.1. The van der Waals surface area contributed by atoms with Crippen molar-refractivity contribution >= 4 is 40.7 Å². The summed E-state index contributed by atoms with van der Waals surface area (Å²) < 4.78 is 99.7. The van der Waals surface area contributed by atoms with E-state index in [1.807, 2.05) is 186 Å². The van der Waals surface area contributed by atoms with Gasteiger partial charge in [-0.05, 0) is 171 Å². The standard InChI is InChI=1S/2C36H46N2O7.C34H43ClN2O6/c2*1-40-20-7-13-36(39)38-24-30(45-34-12-6-4-10-32(34)38)26-44-35-23-37-19-18-31(35)27-14-16-29(17-15-27)43-22-8-21-42-25-28-9-3-5-11-33(28)41-2;1-25(38)37-17-14-27-8-11-29(35)22-33(27)42-20-21-43-34-23-36-16-15-31(34)26-9-12-30(13-10-26)41-19-5-18-40-24-28-6-3-4-7-32(28)39-2/h2*3-6,9-12,14-17,30-31,35,37H,7-8,13,18-26H2,1-2H3;3-4,6-13,22,31,34,36H,5,14-21,23-24H2,1-2H3,(H,37,38)/t2*30?,31-,35+;31-,34+/m111/s1. The number of ether oxygens (including phenoxy) is 17. The van der Waals surface area contributed by atoms with Gasteiger partial charge in [-0.2, -0.15) is 0 Å². The molecule has 5 aliphatic heterocycles. The summed E-state index contributed by atoms with van der Waals surface area (Å²) >= 11 is 6.20. The number of fused-ring (bicyclic) bond motifs is 2. The summed E-state index contributed by atoms with van der Waals surface area (Å²) in [5.41, 5.74) is 9.47. The molecule has 26 nitrogen and oxygen atoms in total. The van der Waals surface area contributed by atoms with Crippen molar-refractivity contribution in [3.05, 3.63) is 256 Å². The molecule has 0 saturated carbocycles. The van der Waals surface area contributed by atoms with Gasteiger partial charge in [-0.15, -0.1) is 0 Å². The number of para-hydroxylation sites is 7. The van der Waals surface area contributed by atoms with Gasteiger partial charge in [0.05, 0.1) is 143 Å². The molecule has 27 heteroatoms. The number of benzene rings is 9. The van der Waals surface area contributed by atoms with Crippen LogP contribution < -0.4 is 73.7 Å². The molecule has 3 amide bonds. The molecule has 14 rings (SSSR count). The molecule has 5 aliphatic rings. The minimum absolute atomic E-state index is 0.00229. The highest BCUT2D eigenvalue weighted by Gasteiger charge is 2.36. The number of rotatable bonds is 49. The number of halogens is 1.